The summed E-state index contributed by atoms with van der Waals surface area (Å²) < 4.78 is 0. The molecule has 1 aromatic heterocycles. The second-order valence-electron chi connectivity index (χ2n) is 8.14. The van der Waals surface area contributed by atoms with Crippen molar-refractivity contribution < 1.29 is 4.92 Å². The molecule has 0 amide bonds. The molecule has 0 unspecified atom stereocenters. The van der Waals surface area contributed by atoms with Crippen LogP contribution in [-0.2, 0) is 0 Å². The molecule has 0 aliphatic heterocycles. The van der Waals surface area contributed by atoms with E-state index in [2.05, 4.69) is 34.7 Å². The van der Waals surface area contributed by atoms with Crippen LogP contribution >= 0.6 is 0 Å². The zero-order chi connectivity index (χ0) is 27.5. The summed E-state index contributed by atoms with van der Waals surface area (Å²) in [5.41, 5.74) is 10.5. The molecule has 1 aliphatic rings. The van der Waals surface area contributed by atoms with Gasteiger partial charge >= 0.3 is 0 Å². The average Bonchev–Trinajstić information content (AvgIpc) is 2.91. The summed E-state index contributed by atoms with van der Waals surface area (Å²) in [6.07, 6.45) is 12.1. The van der Waals surface area contributed by atoms with Crippen LogP contribution in [0.2, 0.25) is 0 Å². The zero-order valence-corrected chi connectivity index (χ0v) is 23.7. The Bertz CT molecular complexity index is 883. The van der Waals surface area contributed by atoms with Gasteiger partial charge in [0.2, 0.25) is 5.95 Å². The van der Waals surface area contributed by atoms with Crippen molar-refractivity contribution in [3.63, 3.8) is 0 Å². The molecule has 0 bridgehead atoms. The van der Waals surface area contributed by atoms with Gasteiger partial charge in [-0.3, -0.25) is 10.1 Å². The Balaban J connectivity index is 0.00000291. The standard InChI is InChI=1S/C24H36N6O2.2C2H6/c1-6-19(23(29-25-5)18(4)12-13-22(17(2)3)30(31)32)16-27-24-26-15-14-21(28-24)20-10-8-7-9-11-20;2*1-2/h12-15,20,25,29H,2,6-11,16H2,1,3-5H3,(H,26,27,28);2*1-2H3/b18-12+,22-13+,23-19+;;. The van der Waals surface area contributed by atoms with Crippen LogP contribution in [0.3, 0.4) is 0 Å². The molecule has 0 aromatic carbocycles. The van der Waals surface area contributed by atoms with E-state index in [0.29, 0.717) is 24.0 Å². The molecule has 0 saturated heterocycles. The number of allylic oxidation sites excluding steroid dienone is 4. The summed E-state index contributed by atoms with van der Waals surface area (Å²) in [4.78, 5) is 20.0. The van der Waals surface area contributed by atoms with Crippen LogP contribution < -0.4 is 16.2 Å². The van der Waals surface area contributed by atoms with Gasteiger partial charge in [-0.2, -0.15) is 0 Å². The highest BCUT2D eigenvalue weighted by Gasteiger charge is 2.17. The van der Waals surface area contributed by atoms with Gasteiger partial charge in [-0.15, -0.1) is 0 Å². The second-order valence-corrected chi connectivity index (χ2v) is 8.14. The molecule has 202 valence electrons. The third-order valence-corrected chi connectivity index (χ3v) is 5.71. The molecular weight excluding hydrogens is 452 g/mol. The van der Waals surface area contributed by atoms with Crippen molar-refractivity contribution in [3.05, 3.63) is 74.9 Å². The van der Waals surface area contributed by atoms with Gasteiger partial charge in [-0.25, -0.2) is 15.4 Å². The van der Waals surface area contributed by atoms with Crippen molar-refractivity contribution in [1.29, 1.82) is 0 Å². The van der Waals surface area contributed by atoms with Gasteiger partial charge in [0.1, 0.15) is 0 Å². The summed E-state index contributed by atoms with van der Waals surface area (Å²) in [5, 5.41) is 14.6. The molecule has 0 atom stereocenters. The summed E-state index contributed by atoms with van der Waals surface area (Å²) in [7, 11) is 1.79. The Labute approximate surface area is 218 Å². The van der Waals surface area contributed by atoms with Gasteiger partial charge in [-0.1, -0.05) is 66.5 Å². The van der Waals surface area contributed by atoms with Crippen molar-refractivity contribution in [2.24, 2.45) is 0 Å². The van der Waals surface area contributed by atoms with Gasteiger partial charge in [0.15, 0.2) is 0 Å². The van der Waals surface area contributed by atoms with E-state index in [4.69, 9.17) is 4.98 Å². The average molecular weight is 501 g/mol. The molecule has 0 radical (unpaired) electrons. The number of aromatic nitrogens is 2. The Kier molecular flexibility index (Phi) is 17.6. The quantitative estimate of drug-likeness (QED) is 0.170. The van der Waals surface area contributed by atoms with Gasteiger partial charge < -0.3 is 10.7 Å². The van der Waals surface area contributed by atoms with Crippen molar-refractivity contribution >= 4 is 5.95 Å². The summed E-state index contributed by atoms with van der Waals surface area (Å²) in [6, 6.07) is 2.03. The van der Waals surface area contributed by atoms with Gasteiger partial charge in [0, 0.05) is 43.1 Å². The lowest BCUT2D eigenvalue weighted by Crippen LogP contribution is -2.29. The normalized spacial score (nSPS) is 14.9. The third kappa shape index (κ3) is 11.2. The predicted octanol–water partition coefficient (Wildman–Crippen LogP) is 7.06. The van der Waals surface area contributed by atoms with Crippen LogP contribution in [-0.4, -0.2) is 28.5 Å². The number of hydrogen-bond acceptors (Lipinski definition) is 7. The molecule has 1 heterocycles. The van der Waals surface area contributed by atoms with Crippen LogP contribution in [0, 0.1) is 10.1 Å². The minimum Gasteiger partial charge on any atom is -0.350 e. The lowest BCUT2D eigenvalue weighted by atomic mass is 9.87. The van der Waals surface area contributed by atoms with E-state index in [1.165, 1.54) is 38.2 Å². The number of hydrazine groups is 1. The van der Waals surface area contributed by atoms with Crippen LogP contribution in [0.25, 0.3) is 0 Å². The maximum absolute atomic E-state index is 11.2. The van der Waals surface area contributed by atoms with Crippen molar-refractivity contribution in [1.82, 2.24) is 20.8 Å². The fourth-order valence-corrected chi connectivity index (χ4v) is 3.90. The maximum Gasteiger partial charge on any atom is 0.271 e. The molecule has 1 aromatic rings. The molecule has 1 saturated carbocycles. The molecule has 0 spiro atoms. The van der Waals surface area contributed by atoms with Gasteiger partial charge in [0.25, 0.3) is 5.70 Å². The number of nitrogens with one attached hydrogen (secondary N) is 3. The number of nitro groups is 1. The molecule has 1 fully saturated rings. The number of hydrogen-bond donors (Lipinski definition) is 3. The van der Waals surface area contributed by atoms with E-state index in [-0.39, 0.29) is 5.70 Å². The number of anilines is 1. The van der Waals surface area contributed by atoms with Crippen molar-refractivity contribution in [2.45, 2.75) is 92.9 Å². The van der Waals surface area contributed by atoms with Gasteiger partial charge in [0.05, 0.1) is 10.6 Å². The highest BCUT2D eigenvalue weighted by Crippen LogP contribution is 2.31. The minimum absolute atomic E-state index is 0.00254. The highest BCUT2D eigenvalue weighted by molar-refractivity contribution is 5.39. The smallest absolute Gasteiger partial charge is 0.271 e. The van der Waals surface area contributed by atoms with Crippen LogP contribution in [0.1, 0.15) is 98.6 Å². The van der Waals surface area contributed by atoms with E-state index >= 15 is 0 Å². The Morgan fingerprint density at radius 2 is 1.81 bits per heavy atom. The van der Waals surface area contributed by atoms with E-state index < -0.39 is 4.92 Å². The summed E-state index contributed by atoms with van der Waals surface area (Å²) in [6.45, 7) is 17.9. The first-order chi connectivity index (χ1) is 17.4. The van der Waals surface area contributed by atoms with Crippen LogP contribution in [0.5, 0.6) is 0 Å². The lowest BCUT2D eigenvalue weighted by Gasteiger charge is -2.21. The first-order valence-corrected chi connectivity index (χ1v) is 13.3. The molecule has 3 N–H and O–H groups in total. The number of nitrogens with zero attached hydrogens (tertiary/aromatic N) is 3. The fraction of sp³-hybridized carbons (Fsp3) is 0.571. The Morgan fingerprint density at radius 1 is 1.17 bits per heavy atom. The van der Waals surface area contributed by atoms with E-state index in [9.17, 15) is 10.1 Å². The second kappa shape index (κ2) is 19.2. The largest absolute Gasteiger partial charge is 0.350 e. The highest BCUT2D eigenvalue weighted by atomic mass is 16.6. The van der Waals surface area contributed by atoms with E-state index in [0.717, 1.165) is 29.0 Å². The third-order valence-electron chi connectivity index (χ3n) is 5.71. The summed E-state index contributed by atoms with van der Waals surface area (Å²) in [5.74, 6) is 1.15. The molecular formula is C28H48N6O2. The molecule has 8 heteroatoms. The SMILES string of the molecule is C=C(C)\C(=C/C=C(C)/C(NNC)=C(/CC)CNc1nccc(C2CCCCC2)n1)[N+](=O)[O-].CC.CC. The molecule has 36 heavy (non-hydrogen) atoms. The van der Waals surface area contributed by atoms with Crippen molar-refractivity contribution in [2.75, 3.05) is 18.9 Å². The molecule has 8 nitrogen and oxygen atoms in total. The lowest BCUT2D eigenvalue weighted by molar-refractivity contribution is -0.420. The van der Waals surface area contributed by atoms with Crippen LogP contribution in [0.15, 0.2) is 59.1 Å². The first-order valence-electron chi connectivity index (χ1n) is 13.3. The van der Waals surface area contributed by atoms with E-state index in [1.807, 2.05) is 46.9 Å². The number of rotatable bonds is 11. The Morgan fingerprint density at radius 3 is 2.33 bits per heavy atom. The topological polar surface area (TPSA) is 105 Å². The predicted molar refractivity (Wildman–Crippen MR) is 152 cm³/mol. The van der Waals surface area contributed by atoms with Gasteiger partial charge in [-0.05, 0) is 50.3 Å². The zero-order valence-electron chi connectivity index (χ0n) is 23.7. The van der Waals surface area contributed by atoms with Crippen LogP contribution in [0.4, 0.5) is 5.95 Å². The molecule has 1 aliphatic carbocycles. The monoisotopic (exact) mass is 500 g/mol. The Hall–Kier alpha value is -3.00. The minimum atomic E-state index is -0.417. The summed E-state index contributed by atoms with van der Waals surface area (Å²) >= 11 is 0. The molecule has 2 rings (SSSR count). The van der Waals surface area contributed by atoms with E-state index in [1.54, 1.807) is 20.0 Å². The maximum atomic E-state index is 11.2. The first kappa shape index (κ1) is 33.0. The fourth-order valence-electron chi connectivity index (χ4n) is 3.90. The van der Waals surface area contributed by atoms with Crippen molar-refractivity contribution in [3.8, 4) is 0 Å².